The van der Waals surface area contributed by atoms with Crippen molar-refractivity contribution in [1.82, 2.24) is 4.90 Å². The summed E-state index contributed by atoms with van der Waals surface area (Å²) in [6.07, 6.45) is 2.18. The minimum Gasteiger partial charge on any atom is -0.366 e. The Morgan fingerprint density at radius 1 is 1.38 bits per heavy atom. The van der Waals surface area contributed by atoms with Crippen LogP contribution in [0.4, 0.5) is 5.69 Å². The minimum absolute atomic E-state index is 0.631. The summed E-state index contributed by atoms with van der Waals surface area (Å²) in [5, 5.41) is 0. The summed E-state index contributed by atoms with van der Waals surface area (Å²) >= 11 is 0. The number of amidine groups is 1. The Morgan fingerprint density at radius 3 is 2.75 bits per heavy atom. The lowest BCUT2D eigenvalue weighted by atomic mass is 9.92. The van der Waals surface area contributed by atoms with Gasteiger partial charge in [-0.25, -0.2) is 4.99 Å². The lowest BCUT2D eigenvalue weighted by Gasteiger charge is -2.14. The summed E-state index contributed by atoms with van der Waals surface area (Å²) < 4.78 is 0. The summed E-state index contributed by atoms with van der Waals surface area (Å²) in [5.74, 6) is 1.80. The highest BCUT2D eigenvalue weighted by atomic mass is 15.1. The van der Waals surface area contributed by atoms with E-state index >= 15 is 0 Å². The second-order valence-corrected chi connectivity index (χ2v) is 4.75. The SMILES string of the molecule is CCC(C)c1cccc2c1CC(N(C)C)=N2. The zero-order chi connectivity index (χ0) is 11.7. The molecule has 0 N–H and O–H groups in total. The Balaban J connectivity index is 2.37. The molecule has 1 aromatic carbocycles. The van der Waals surface area contributed by atoms with Gasteiger partial charge >= 0.3 is 0 Å². The molecular weight excluding hydrogens is 196 g/mol. The summed E-state index contributed by atoms with van der Waals surface area (Å²) in [4.78, 5) is 6.78. The Morgan fingerprint density at radius 2 is 2.12 bits per heavy atom. The molecule has 0 bridgehead atoms. The molecule has 2 nitrogen and oxygen atoms in total. The van der Waals surface area contributed by atoms with Gasteiger partial charge in [0.2, 0.25) is 0 Å². The predicted molar refractivity (Wildman–Crippen MR) is 69.6 cm³/mol. The zero-order valence-corrected chi connectivity index (χ0v) is 10.6. The first-order chi connectivity index (χ1) is 7.63. The molecular formula is C14H20N2. The Bertz CT molecular complexity index is 419. The van der Waals surface area contributed by atoms with Crippen LogP contribution in [0.25, 0.3) is 0 Å². The number of aliphatic imine (C=N–C) groups is 1. The molecule has 1 aliphatic heterocycles. The van der Waals surface area contributed by atoms with E-state index in [2.05, 4.69) is 56.0 Å². The third kappa shape index (κ3) is 1.84. The van der Waals surface area contributed by atoms with Crippen molar-refractivity contribution in [2.24, 2.45) is 4.99 Å². The van der Waals surface area contributed by atoms with E-state index in [0.29, 0.717) is 5.92 Å². The van der Waals surface area contributed by atoms with E-state index in [0.717, 1.165) is 6.42 Å². The Labute approximate surface area is 98.0 Å². The molecule has 1 aliphatic rings. The fraction of sp³-hybridized carbons (Fsp3) is 0.500. The van der Waals surface area contributed by atoms with E-state index in [1.165, 1.54) is 29.1 Å². The van der Waals surface area contributed by atoms with Crippen LogP contribution in [0, 0.1) is 0 Å². The van der Waals surface area contributed by atoms with Gasteiger partial charge in [-0.3, -0.25) is 0 Å². The van der Waals surface area contributed by atoms with E-state index in [4.69, 9.17) is 0 Å². The van der Waals surface area contributed by atoms with Crippen molar-refractivity contribution in [2.75, 3.05) is 14.1 Å². The molecule has 1 heterocycles. The fourth-order valence-corrected chi connectivity index (χ4v) is 2.17. The molecule has 2 rings (SSSR count). The molecule has 16 heavy (non-hydrogen) atoms. The lowest BCUT2D eigenvalue weighted by molar-refractivity contribution is 0.613. The summed E-state index contributed by atoms with van der Waals surface area (Å²) in [6.45, 7) is 4.54. The number of fused-ring (bicyclic) bond motifs is 1. The van der Waals surface area contributed by atoms with Crippen LogP contribution in [0.15, 0.2) is 23.2 Å². The Kier molecular flexibility index (Phi) is 2.99. The Hall–Kier alpha value is -1.31. The van der Waals surface area contributed by atoms with Gasteiger partial charge in [0.1, 0.15) is 5.84 Å². The maximum absolute atomic E-state index is 4.67. The van der Waals surface area contributed by atoms with Crippen LogP contribution < -0.4 is 0 Å². The van der Waals surface area contributed by atoms with Gasteiger partial charge in [-0.05, 0) is 29.5 Å². The molecule has 2 heteroatoms. The molecule has 0 saturated carbocycles. The van der Waals surface area contributed by atoms with Gasteiger partial charge in [0, 0.05) is 20.5 Å². The molecule has 86 valence electrons. The topological polar surface area (TPSA) is 15.6 Å². The summed E-state index contributed by atoms with van der Waals surface area (Å²) in [5.41, 5.74) is 4.07. The van der Waals surface area contributed by atoms with Crippen molar-refractivity contribution >= 4 is 11.5 Å². The molecule has 0 fully saturated rings. The van der Waals surface area contributed by atoms with E-state index in [1.807, 2.05) is 0 Å². The first-order valence-corrected chi connectivity index (χ1v) is 6.00. The molecule has 1 atom stereocenters. The lowest BCUT2D eigenvalue weighted by Crippen LogP contribution is -2.21. The highest BCUT2D eigenvalue weighted by molar-refractivity contribution is 5.92. The van der Waals surface area contributed by atoms with Crippen LogP contribution in [0.3, 0.4) is 0 Å². The number of likely N-dealkylation sites (N-methyl/N-ethyl adjacent to an activating group) is 1. The number of hydrogen-bond donors (Lipinski definition) is 0. The van der Waals surface area contributed by atoms with Gasteiger partial charge in [0.05, 0.1) is 5.69 Å². The van der Waals surface area contributed by atoms with E-state index in [9.17, 15) is 0 Å². The third-order valence-corrected chi connectivity index (χ3v) is 3.43. The second-order valence-electron chi connectivity index (χ2n) is 4.75. The van der Waals surface area contributed by atoms with Crippen LogP contribution in [-0.2, 0) is 6.42 Å². The number of rotatable bonds is 2. The fourth-order valence-electron chi connectivity index (χ4n) is 2.17. The molecule has 0 aromatic heterocycles. The highest BCUT2D eigenvalue weighted by Crippen LogP contribution is 2.34. The van der Waals surface area contributed by atoms with Crippen molar-refractivity contribution in [3.8, 4) is 0 Å². The van der Waals surface area contributed by atoms with Crippen molar-refractivity contribution in [3.63, 3.8) is 0 Å². The quantitative estimate of drug-likeness (QED) is 0.740. The standard InChI is InChI=1S/C14H20N2/c1-5-10(2)11-7-6-8-13-12(11)9-14(15-13)16(3)4/h6-8,10H,5,9H2,1-4H3. The van der Waals surface area contributed by atoms with E-state index in [-0.39, 0.29) is 0 Å². The maximum Gasteiger partial charge on any atom is 0.109 e. The van der Waals surface area contributed by atoms with Crippen LogP contribution in [-0.4, -0.2) is 24.8 Å². The van der Waals surface area contributed by atoms with Crippen molar-refractivity contribution in [1.29, 1.82) is 0 Å². The van der Waals surface area contributed by atoms with Gasteiger partial charge in [-0.2, -0.15) is 0 Å². The largest absolute Gasteiger partial charge is 0.366 e. The molecule has 0 aliphatic carbocycles. The van der Waals surface area contributed by atoms with Gasteiger partial charge in [0.25, 0.3) is 0 Å². The molecule has 1 unspecified atom stereocenters. The van der Waals surface area contributed by atoms with Crippen molar-refractivity contribution in [3.05, 3.63) is 29.3 Å². The maximum atomic E-state index is 4.67. The molecule has 0 radical (unpaired) electrons. The normalized spacial score (nSPS) is 15.6. The van der Waals surface area contributed by atoms with Crippen LogP contribution in [0.1, 0.15) is 37.3 Å². The van der Waals surface area contributed by atoms with Gasteiger partial charge < -0.3 is 4.90 Å². The first-order valence-electron chi connectivity index (χ1n) is 6.00. The van der Waals surface area contributed by atoms with Crippen molar-refractivity contribution in [2.45, 2.75) is 32.6 Å². The monoisotopic (exact) mass is 216 g/mol. The van der Waals surface area contributed by atoms with Gasteiger partial charge in [-0.1, -0.05) is 26.0 Å². The van der Waals surface area contributed by atoms with Crippen LogP contribution in [0.5, 0.6) is 0 Å². The van der Waals surface area contributed by atoms with E-state index < -0.39 is 0 Å². The minimum atomic E-state index is 0.631. The predicted octanol–water partition coefficient (Wildman–Crippen LogP) is 3.35. The van der Waals surface area contributed by atoms with Crippen LogP contribution >= 0.6 is 0 Å². The smallest absolute Gasteiger partial charge is 0.109 e. The third-order valence-electron chi connectivity index (χ3n) is 3.43. The average Bonchev–Trinajstić information content (AvgIpc) is 2.71. The average molecular weight is 216 g/mol. The molecule has 0 amide bonds. The van der Waals surface area contributed by atoms with E-state index in [1.54, 1.807) is 0 Å². The molecule has 0 saturated heterocycles. The first kappa shape index (κ1) is 11.2. The summed E-state index contributed by atoms with van der Waals surface area (Å²) in [6, 6.07) is 6.50. The van der Waals surface area contributed by atoms with Crippen LogP contribution in [0.2, 0.25) is 0 Å². The number of benzene rings is 1. The van der Waals surface area contributed by atoms with Crippen molar-refractivity contribution < 1.29 is 0 Å². The molecule has 1 aromatic rings. The van der Waals surface area contributed by atoms with Gasteiger partial charge in [-0.15, -0.1) is 0 Å². The second kappa shape index (κ2) is 4.28. The zero-order valence-electron chi connectivity index (χ0n) is 10.6. The highest BCUT2D eigenvalue weighted by Gasteiger charge is 2.20. The summed E-state index contributed by atoms with van der Waals surface area (Å²) in [7, 11) is 4.13. The molecule has 0 spiro atoms. The number of hydrogen-bond acceptors (Lipinski definition) is 2. The number of nitrogens with zero attached hydrogens (tertiary/aromatic N) is 2. The van der Waals surface area contributed by atoms with Gasteiger partial charge in [0.15, 0.2) is 0 Å².